The maximum absolute atomic E-state index is 14.0. The van der Waals surface area contributed by atoms with Crippen molar-refractivity contribution in [3.05, 3.63) is 23.0 Å². The molecule has 3 heterocycles. The molecule has 15 unspecified atom stereocenters. The summed E-state index contributed by atoms with van der Waals surface area (Å²) in [6, 6.07) is 0. The van der Waals surface area contributed by atoms with Crippen LogP contribution in [0.4, 0.5) is 0 Å². The molecule has 0 aromatic heterocycles. The van der Waals surface area contributed by atoms with Gasteiger partial charge in [0.2, 0.25) is 18.0 Å². The van der Waals surface area contributed by atoms with Crippen LogP contribution in [0.1, 0.15) is 47.5 Å². The summed E-state index contributed by atoms with van der Waals surface area (Å²) in [5, 5.41) is 74.9. The highest BCUT2D eigenvalue weighted by Gasteiger charge is 2.85. The summed E-state index contributed by atoms with van der Waals surface area (Å²) in [7, 11) is 1.04. The van der Waals surface area contributed by atoms with Gasteiger partial charge in [-0.25, -0.2) is 14.4 Å². The molecule has 51 heavy (non-hydrogen) atoms. The van der Waals surface area contributed by atoms with Crippen LogP contribution in [0.2, 0.25) is 0 Å². The summed E-state index contributed by atoms with van der Waals surface area (Å²) in [5.41, 5.74) is -6.03. The van der Waals surface area contributed by atoms with Crippen molar-refractivity contribution in [1.82, 2.24) is 0 Å². The number of aliphatic hydroxyl groups excluding tert-OH is 6. The molecule has 1 spiro atoms. The van der Waals surface area contributed by atoms with Crippen molar-refractivity contribution in [1.29, 1.82) is 0 Å². The van der Waals surface area contributed by atoms with E-state index in [1.54, 1.807) is 13.8 Å². The summed E-state index contributed by atoms with van der Waals surface area (Å²) in [6.07, 6.45) is -14.3. The third-order valence-electron chi connectivity index (χ3n) is 12.4. The number of aliphatic hydroxyl groups is 7. The topological polar surface area (TPSA) is 265 Å². The predicted octanol–water partition coefficient (Wildman–Crippen LogP) is -2.47. The minimum atomic E-state index is -2.38. The van der Waals surface area contributed by atoms with Crippen LogP contribution in [-0.4, -0.2) is 146 Å². The second kappa shape index (κ2) is 12.6. The lowest BCUT2D eigenvalue weighted by Crippen LogP contribution is -2.79. The standard InChI is InChI=1S/C34H46O17/c1-12(31(3,4)45)7-18(37)50-24-26-33-11-47-34(26,30(44)46-6)27(42)22(41)25(33)32(5)9-15(36)23(13(2)14(32)8-17(33)49-28(24)43)51-29-21(40)20(39)19(38)16(10-35)48-29/h7,14,16-17,19-22,24-27,29,35,38-42,45H,8-11H2,1-6H3/b12-7-. The van der Waals surface area contributed by atoms with Gasteiger partial charge in [0.1, 0.15) is 36.6 Å². The lowest BCUT2D eigenvalue weighted by Gasteiger charge is -2.67. The first-order chi connectivity index (χ1) is 23.7. The van der Waals surface area contributed by atoms with Crippen molar-refractivity contribution in [3.8, 4) is 0 Å². The molecule has 0 aromatic carbocycles. The second-order valence-electron chi connectivity index (χ2n) is 15.5. The van der Waals surface area contributed by atoms with E-state index < -0.39 is 125 Å². The summed E-state index contributed by atoms with van der Waals surface area (Å²) in [4.78, 5) is 54.7. The molecule has 17 heteroatoms. The second-order valence-corrected chi connectivity index (χ2v) is 15.5. The van der Waals surface area contributed by atoms with E-state index in [1.165, 1.54) is 20.8 Å². The van der Waals surface area contributed by atoms with Gasteiger partial charge in [-0.05, 0) is 56.6 Å². The molecule has 0 amide bonds. The van der Waals surface area contributed by atoms with Crippen LogP contribution in [0.5, 0.6) is 0 Å². The maximum Gasteiger partial charge on any atom is 0.348 e. The zero-order valence-corrected chi connectivity index (χ0v) is 29.0. The number of Topliss-reactive ketones (excluding diaryl/α,β-unsaturated/α-hetero) is 1. The van der Waals surface area contributed by atoms with Crippen LogP contribution in [-0.2, 0) is 47.6 Å². The number of ketones is 1. The number of hydrogen-bond donors (Lipinski definition) is 7. The Labute approximate surface area is 292 Å². The fraction of sp³-hybridized carbons (Fsp3) is 0.765. The van der Waals surface area contributed by atoms with Gasteiger partial charge in [-0.2, -0.15) is 0 Å². The quantitative estimate of drug-likeness (QED) is 0.0814. The van der Waals surface area contributed by atoms with Crippen molar-refractivity contribution < 1.29 is 83.3 Å². The highest BCUT2D eigenvalue weighted by atomic mass is 16.7. The number of rotatable bonds is 7. The Hall–Kier alpha value is -3.00. The third kappa shape index (κ3) is 5.22. The molecule has 2 bridgehead atoms. The average Bonchev–Trinajstić information content (AvgIpc) is 3.36. The number of esters is 3. The van der Waals surface area contributed by atoms with E-state index in [1.807, 2.05) is 0 Å². The van der Waals surface area contributed by atoms with Crippen LogP contribution in [0.3, 0.4) is 0 Å². The molecule has 15 atom stereocenters. The van der Waals surface area contributed by atoms with E-state index >= 15 is 0 Å². The zero-order valence-electron chi connectivity index (χ0n) is 29.0. The Kier molecular flexibility index (Phi) is 9.29. The summed E-state index contributed by atoms with van der Waals surface area (Å²) >= 11 is 0. The van der Waals surface area contributed by atoms with Gasteiger partial charge in [0, 0.05) is 23.8 Å². The lowest BCUT2D eigenvalue weighted by atomic mass is 9.38. The van der Waals surface area contributed by atoms with Crippen LogP contribution in [0.15, 0.2) is 23.0 Å². The Morgan fingerprint density at radius 3 is 2.31 bits per heavy atom. The van der Waals surface area contributed by atoms with Crippen molar-refractivity contribution >= 4 is 23.7 Å². The number of carbonyl (C=O) groups is 4. The molecule has 2 saturated carbocycles. The Morgan fingerprint density at radius 1 is 1.04 bits per heavy atom. The number of allylic oxidation sites excluding steroid dienone is 2. The van der Waals surface area contributed by atoms with E-state index in [2.05, 4.69) is 0 Å². The molecular weight excluding hydrogens is 680 g/mol. The molecule has 6 rings (SSSR count). The van der Waals surface area contributed by atoms with Gasteiger partial charge in [-0.1, -0.05) is 6.92 Å². The Bertz CT molecular complexity index is 1550. The van der Waals surface area contributed by atoms with Crippen LogP contribution >= 0.6 is 0 Å². The van der Waals surface area contributed by atoms with Gasteiger partial charge in [0.15, 0.2) is 11.5 Å². The molecule has 3 aliphatic carbocycles. The van der Waals surface area contributed by atoms with Crippen LogP contribution < -0.4 is 0 Å². The number of methoxy groups -OCH3 is 1. The van der Waals surface area contributed by atoms with Crippen molar-refractivity contribution in [2.75, 3.05) is 20.3 Å². The largest absolute Gasteiger partial charge is 0.467 e. The Morgan fingerprint density at radius 2 is 1.71 bits per heavy atom. The number of ether oxygens (including phenoxy) is 6. The number of carbonyl (C=O) groups excluding carboxylic acids is 4. The third-order valence-corrected chi connectivity index (χ3v) is 12.4. The first-order valence-electron chi connectivity index (χ1n) is 16.8. The molecule has 284 valence electrons. The van der Waals surface area contributed by atoms with Gasteiger partial charge in [-0.3, -0.25) is 4.79 Å². The molecule has 3 saturated heterocycles. The zero-order chi connectivity index (χ0) is 37.7. The van der Waals surface area contributed by atoms with Crippen LogP contribution in [0.25, 0.3) is 0 Å². The molecular formula is C34H46O17. The normalized spacial score (nSPS) is 46.5. The van der Waals surface area contributed by atoms with Gasteiger partial charge in [0.05, 0.1) is 37.9 Å². The van der Waals surface area contributed by atoms with E-state index in [9.17, 15) is 54.9 Å². The lowest BCUT2D eigenvalue weighted by molar-refractivity contribution is -0.296. The summed E-state index contributed by atoms with van der Waals surface area (Å²) in [5.74, 6) is -7.35. The highest BCUT2D eigenvalue weighted by molar-refractivity contribution is 5.96. The Balaban J connectivity index is 1.43. The van der Waals surface area contributed by atoms with E-state index in [0.29, 0.717) is 5.57 Å². The van der Waals surface area contributed by atoms with Gasteiger partial charge in [-0.15, -0.1) is 0 Å². The summed E-state index contributed by atoms with van der Waals surface area (Å²) in [6.45, 7) is 6.55. The molecule has 5 fully saturated rings. The van der Waals surface area contributed by atoms with Crippen molar-refractivity contribution in [2.24, 2.45) is 28.6 Å². The average molecular weight is 727 g/mol. The first kappa shape index (κ1) is 37.7. The molecule has 7 N–H and O–H groups in total. The predicted molar refractivity (Wildman–Crippen MR) is 165 cm³/mol. The van der Waals surface area contributed by atoms with Crippen molar-refractivity contribution in [2.45, 2.75) is 114 Å². The van der Waals surface area contributed by atoms with E-state index in [4.69, 9.17) is 28.4 Å². The molecule has 17 nitrogen and oxygen atoms in total. The molecule has 3 aliphatic heterocycles. The smallest absolute Gasteiger partial charge is 0.348 e. The summed E-state index contributed by atoms with van der Waals surface area (Å²) < 4.78 is 34.2. The van der Waals surface area contributed by atoms with Crippen molar-refractivity contribution in [3.63, 3.8) is 0 Å². The number of hydrogen-bond acceptors (Lipinski definition) is 17. The van der Waals surface area contributed by atoms with E-state index in [0.717, 1.165) is 13.2 Å². The molecule has 0 aromatic rings. The maximum atomic E-state index is 14.0. The molecule has 0 radical (unpaired) electrons. The SMILES string of the molecule is COC(=O)C12OCC34C(CC5C(C)=C(OC6OC(CO)C(O)C(O)C6O)C(=O)CC5(C)C3C(O)C1O)OC(=O)C(OC(=O)/C=C(/C)C(C)(C)O)C24. The fourth-order valence-electron chi connectivity index (χ4n) is 9.80. The first-order valence-corrected chi connectivity index (χ1v) is 16.8. The fourth-order valence-corrected chi connectivity index (χ4v) is 9.80. The minimum absolute atomic E-state index is 0.00228. The van der Waals surface area contributed by atoms with Gasteiger partial charge in [0.25, 0.3) is 0 Å². The monoisotopic (exact) mass is 726 g/mol. The van der Waals surface area contributed by atoms with E-state index in [-0.39, 0.29) is 30.8 Å². The number of fused-ring (bicyclic) bond motifs is 2. The minimum Gasteiger partial charge on any atom is -0.467 e. The van der Waals surface area contributed by atoms with Crippen LogP contribution in [0, 0.1) is 28.6 Å². The highest BCUT2D eigenvalue weighted by Crippen LogP contribution is 2.73. The van der Waals surface area contributed by atoms with Gasteiger partial charge < -0.3 is 64.2 Å². The van der Waals surface area contributed by atoms with Gasteiger partial charge >= 0.3 is 17.9 Å². The molecule has 6 aliphatic rings.